The molecule has 3 aromatic carbocycles. The summed E-state index contributed by atoms with van der Waals surface area (Å²) in [4.78, 5) is 4.54. The van der Waals surface area contributed by atoms with E-state index in [4.69, 9.17) is 0 Å². The molecule has 1 aliphatic carbocycles. The van der Waals surface area contributed by atoms with Gasteiger partial charge >= 0.3 is 0 Å². The summed E-state index contributed by atoms with van der Waals surface area (Å²) < 4.78 is 0. The molecule has 0 aromatic heterocycles. The lowest BCUT2D eigenvalue weighted by Gasteiger charge is -2.32. The Balaban J connectivity index is 0.00000195. The zero-order valence-electron chi connectivity index (χ0n) is 24.2. The van der Waals surface area contributed by atoms with Crippen molar-refractivity contribution in [2.75, 3.05) is 0 Å². The third-order valence-corrected chi connectivity index (χ3v) is 7.09. The van der Waals surface area contributed by atoms with Crippen LogP contribution in [0.4, 0.5) is 0 Å². The molecule has 0 aliphatic heterocycles. The Bertz CT molecular complexity index is 1370. The molecule has 6 bridgehead atoms. The van der Waals surface area contributed by atoms with Crippen molar-refractivity contribution in [3.05, 3.63) is 130 Å². The van der Waals surface area contributed by atoms with E-state index in [9.17, 15) is 5.11 Å². The predicted octanol–water partition coefficient (Wildman–Crippen LogP) is 9.08. The maximum atomic E-state index is 12.5. The molecule has 1 N–H and O–H groups in total. The molecule has 1 aliphatic rings. The van der Waals surface area contributed by atoms with Crippen LogP contribution in [0.5, 0.6) is 0 Å². The van der Waals surface area contributed by atoms with Crippen molar-refractivity contribution in [1.82, 2.24) is 0 Å². The van der Waals surface area contributed by atoms with Gasteiger partial charge in [0.2, 0.25) is 0 Å². The smallest absolute Gasteiger partial charge is 0.138 e. The van der Waals surface area contributed by atoms with E-state index in [1.165, 1.54) is 16.7 Å². The number of rotatable bonds is 4. The van der Waals surface area contributed by atoms with Crippen LogP contribution in [-0.2, 0) is 18.4 Å². The highest BCUT2D eigenvalue weighted by Crippen LogP contribution is 2.40. The van der Waals surface area contributed by atoms with Crippen molar-refractivity contribution in [1.29, 1.82) is 0 Å². The van der Waals surface area contributed by atoms with E-state index in [-0.39, 0.29) is 0 Å². The van der Waals surface area contributed by atoms with E-state index in [1.54, 1.807) is 6.20 Å². The number of aliphatic hydroxyl groups is 1. The second-order valence-corrected chi connectivity index (χ2v) is 10.2. The van der Waals surface area contributed by atoms with Crippen LogP contribution >= 0.6 is 0 Å². The van der Waals surface area contributed by atoms with Crippen molar-refractivity contribution in [2.24, 2.45) is 10.9 Å². The Hall–Kier alpha value is -3.49. The monoisotopic (exact) mass is 505 g/mol. The van der Waals surface area contributed by atoms with Crippen molar-refractivity contribution < 1.29 is 5.11 Å². The van der Waals surface area contributed by atoms with Gasteiger partial charge in [-0.05, 0) is 101 Å². The van der Waals surface area contributed by atoms with Gasteiger partial charge in [0.05, 0.1) is 0 Å². The number of fused-ring (bicyclic) bond motifs is 6. The summed E-state index contributed by atoms with van der Waals surface area (Å²) in [5, 5.41) is 12.5. The van der Waals surface area contributed by atoms with Gasteiger partial charge in [-0.2, -0.15) is 0 Å². The summed E-state index contributed by atoms with van der Waals surface area (Å²) in [5.41, 5.74) is 9.06. The van der Waals surface area contributed by atoms with Crippen LogP contribution in [0.3, 0.4) is 0 Å². The van der Waals surface area contributed by atoms with Crippen LogP contribution in [0.1, 0.15) is 86.1 Å². The van der Waals surface area contributed by atoms with Crippen molar-refractivity contribution in [2.45, 2.75) is 66.9 Å². The lowest BCUT2D eigenvalue weighted by atomic mass is 9.78. The van der Waals surface area contributed by atoms with Gasteiger partial charge in [0.1, 0.15) is 5.60 Å². The molecule has 0 amide bonds. The standard InChI is InChI=1S/C34H37NO.C2H6/c1-7-9-28-15-17-32-20-33(28)26(6)30-11-8-10-27(18-30)13-14-29-19-31(16-12-24(29)4)34(32,36)25(5)22-35-21-23(2)3;1-2/h7-12,15-23,36H,6,13-14H2,1-5H3;1-2H3/b9-7-,25-22+,35-21?;. The summed E-state index contributed by atoms with van der Waals surface area (Å²) in [6, 6.07) is 21.3. The van der Waals surface area contributed by atoms with Gasteiger partial charge in [0, 0.05) is 12.4 Å². The molecule has 2 nitrogen and oxygen atoms in total. The second kappa shape index (κ2) is 12.8. The first kappa shape index (κ1) is 29.1. The quantitative estimate of drug-likeness (QED) is 0.352. The first-order valence-electron chi connectivity index (χ1n) is 13.8. The van der Waals surface area contributed by atoms with Crippen molar-refractivity contribution >= 4 is 17.9 Å². The molecular formula is C36H43NO. The van der Waals surface area contributed by atoms with E-state index in [0.29, 0.717) is 5.92 Å². The number of aliphatic imine (C=N–C) groups is 1. The number of hydrogen-bond acceptors (Lipinski definition) is 2. The molecule has 0 spiro atoms. The molecule has 0 fully saturated rings. The Morgan fingerprint density at radius 3 is 2.42 bits per heavy atom. The molecular weight excluding hydrogens is 462 g/mol. The average molecular weight is 506 g/mol. The highest BCUT2D eigenvalue weighted by atomic mass is 16.3. The van der Waals surface area contributed by atoms with Gasteiger partial charge in [0.15, 0.2) is 0 Å². The van der Waals surface area contributed by atoms with Crippen molar-refractivity contribution in [3.8, 4) is 0 Å². The number of aryl methyl sites for hydroxylation is 3. The number of allylic oxidation sites excluding steroid dienone is 1. The van der Waals surface area contributed by atoms with E-state index in [1.807, 2.05) is 46.1 Å². The maximum Gasteiger partial charge on any atom is 0.138 e. The lowest BCUT2D eigenvalue weighted by molar-refractivity contribution is 0.120. The third-order valence-electron chi connectivity index (χ3n) is 7.09. The van der Waals surface area contributed by atoms with Gasteiger partial charge in [0.25, 0.3) is 0 Å². The van der Waals surface area contributed by atoms with Crippen LogP contribution in [0.25, 0.3) is 11.6 Å². The summed E-state index contributed by atoms with van der Waals surface area (Å²) in [6.07, 6.45) is 9.68. The molecule has 0 saturated carbocycles. The Kier molecular flexibility index (Phi) is 9.83. The van der Waals surface area contributed by atoms with Crippen LogP contribution in [0.2, 0.25) is 0 Å². The van der Waals surface area contributed by atoms with Crippen LogP contribution in [0.15, 0.2) is 90.1 Å². The zero-order valence-corrected chi connectivity index (χ0v) is 24.2. The molecule has 3 aromatic rings. The largest absolute Gasteiger partial charge is 0.376 e. The molecule has 0 heterocycles. The van der Waals surface area contributed by atoms with E-state index in [0.717, 1.165) is 51.8 Å². The fourth-order valence-corrected chi connectivity index (χ4v) is 4.92. The fourth-order valence-electron chi connectivity index (χ4n) is 4.92. The number of nitrogens with zero attached hydrogens (tertiary/aromatic N) is 1. The molecule has 2 heteroatoms. The van der Waals surface area contributed by atoms with E-state index < -0.39 is 5.60 Å². The van der Waals surface area contributed by atoms with Gasteiger partial charge in [-0.25, -0.2) is 0 Å². The average Bonchev–Trinajstić information content (AvgIpc) is 2.93. The highest BCUT2D eigenvalue weighted by molar-refractivity contribution is 5.84. The minimum Gasteiger partial charge on any atom is -0.376 e. The molecule has 4 rings (SSSR count). The van der Waals surface area contributed by atoms with E-state index >= 15 is 0 Å². The summed E-state index contributed by atoms with van der Waals surface area (Å²) in [6.45, 7) is 18.8. The summed E-state index contributed by atoms with van der Waals surface area (Å²) in [7, 11) is 0. The third kappa shape index (κ3) is 6.14. The molecule has 1 unspecified atom stereocenters. The minimum absolute atomic E-state index is 0.333. The first-order chi connectivity index (χ1) is 18.2. The van der Waals surface area contributed by atoms with Gasteiger partial charge in [-0.15, -0.1) is 0 Å². The fraction of sp³-hybridized carbons (Fsp3) is 0.306. The SMILES string of the molecule is C=C1c2cccc(c2)CCc2cc(ccc2C)C(O)(/C(C)=C/N=CC(C)C)c2ccc(/C=C\C)c1c2.CC. The van der Waals surface area contributed by atoms with E-state index in [2.05, 4.69) is 93.0 Å². The Morgan fingerprint density at radius 2 is 1.71 bits per heavy atom. The zero-order chi connectivity index (χ0) is 27.9. The molecule has 198 valence electrons. The summed E-state index contributed by atoms with van der Waals surface area (Å²) in [5.74, 6) is 0.333. The van der Waals surface area contributed by atoms with Gasteiger partial charge in [-0.3, -0.25) is 4.99 Å². The minimum atomic E-state index is -1.33. The second-order valence-electron chi connectivity index (χ2n) is 10.2. The number of benzene rings is 3. The topological polar surface area (TPSA) is 32.6 Å². The molecule has 1 atom stereocenters. The molecule has 0 radical (unpaired) electrons. The Morgan fingerprint density at radius 1 is 1.00 bits per heavy atom. The Labute approximate surface area is 230 Å². The first-order valence-corrected chi connectivity index (χ1v) is 13.8. The molecule has 38 heavy (non-hydrogen) atoms. The highest BCUT2D eigenvalue weighted by Gasteiger charge is 2.35. The predicted molar refractivity (Wildman–Crippen MR) is 166 cm³/mol. The molecule has 0 saturated heterocycles. The normalized spacial score (nSPS) is 17.6. The van der Waals surface area contributed by atoms with Crippen LogP contribution in [0, 0.1) is 12.8 Å². The lowest BCUT2D eigenvalue weighted by Crippen LogP contribution is -2.29. The van der Waals surface area contributed by atoms with Crippen LogP contribution in [-0.4, -0.2) is 11.3 Å². The number of hydrogen-bond donors (Lipinski definition) is 1. The summed E-state index contributed by atoms with van der Waals surface area (Å²) >= 11 is 0. The maximum absolute atomic E-state index is 12.5. The van der Waals surface area contributed by atoms with Crippen LogP contribution < -0.4 is 0 Å². The van der Waals surface area contributed by atoms with Gasteiger partial charge in [-0.1, -0.05) is 101 Å². The van der Waals surface area contributed by atoms with Gasteiger partial charge < -0.3 is 5.11 Å². The van der Waals surface area contributed by atoms with Crippen molar-refractivity contribution in [3.63, 3.8) is 0 Å².